The third-order valence-electron chi connectivity index (χ3n) is 4.58. The Balaban J connectivity index is 2.31. The maximum absolute atomic E-state index is 13.5. The molecule has 28 heavy (non-hydrogen) atoms. The molecule has 146 valence electrons. The van der Waals surface area contributed by atoms with Crippen molar-refractivity contribution in [1.82, 2.24) is 9.78 Å². The number of hydrogen-bond acceptors (Lipinski definition) is 3. The van der Waals surface area contributed by atoms with Gasteiger partial charge in [0.15, 0.2) is 0 Å². The van der Waals surface area contributed by atoms with Gasteiger partial charge in [0.05, 0.1) is 27.9 Å². The topological polar surface area (TPSA) is 72.2 Å². The third-order valence-corrected chi connectivity index (χ3v) is 4.58. The predicted octanol–water partition coefficient (Wildman–Crippen LogP) is 4.57. The lowest BCUT2D eigenvalue weighted by Crippen LogP contribution is -2.21. The zero-order valence-electron chi connectivity index (χ0n) is 15.2. The van der Waals surface area contributed by atoms with E-state index in [1.165, 1.54) is 30.3 Å². The fourth-order valence-electron chi connectivity index (χ4n) is 3.22. The van der Waals surface area contributed by atoms with Gasteiger partial charge in [0.2, 0.25) is 0 Å². The Morgan fingerprint density at radius 1 is 1.11 bits per heavy atom. The van der Waals surface area contributed by atoms with Gasteiger partial charge < -0.3 is 5.11 Å². The van der Waals surface area contributed by atoms with Crippen LogP contribution in [0.5, 0.6) is 0 Å². The Labute approximate surface area is 158 Å². The molecule has 0 aliphatic carbocycles. The average molecular weight is 390 g/mol. The van der Waals surface area contributed by atoms with Crippen LogP contribution in [0.15, 0.2) is 36.4 Å². The third kappa shape index (κ3) is 3.26. The first-order chi connectivity index (χ1) is 13.2. The molecule has 0 radical (unpaired) electrons. The zero-order chi connectivity index (χ0) is 20.6. The molecule has 0 atom stereocenters. The van der Waals surface area contributed by atoms with Crippen LogP contribution in [0.1, 0.15) is 51.4 Å². The van der Waals surface area contributed by atoms with Crippen molar-refractivity contribution in [2.75, 3.05) is 0 Å². The summed E-state index contributed by atoms with van der Waals surface area (Å²) in [4.78, 5) is 24.5. The van der Waals surface area contributed by atoms with Crippen LogP contribution in [0, 0.1) is 0 Å². The second-order valence-electron chi connectivity index (χ2n) is 6.25. The van der Waals surface area contributed by atoms with Crippen molar-refractivity contribution < 1.29 is 27.9 Å². The van der Waals surface area contributed by atoms with E-state index in [4.69, 9.17) is 0 Å². The molecule has 0 bridgehead atoms. The van der Waals surface area contributed by atoms with Crippen LogP contribution in [-0.2, 0) is 19.0 Å². The summed E-state index contributed by atoms with van der Waals surface area (Å²) in [5.74, 6) is -2.14. The molecule has 0 unspecified atom stereocenters. The van der Waals surface area contributed by atoms with Gasteiger partial charge in [-0.05, 0) is 36.6 Å². The Bertz CT molecular complexity index is 1080. The smallest absolute Gasteiger partial charge is 0.417 e. The normalized spacial score (nSPS) is 11.8. The highest BCUT2D eigenvalue weighted by Crippen LogP contribution is 2.34. The first-order valence-corrected chi connectivity index (χ1v) is 8.67. The van der Waals surface area contributed by atoms with Crippen molar-refractivity contribution in [2.45, 2.75) is 32.9 Å². The second kappa shape index (κ2) is 7.10. The van der Waals surface area contributed by atoms with Crippen LogP contribution in [0.25, 0.3) is 10.9 Å². The average Bonchev–Trinajstić information content (AvgIpc) is 3.04. The van der Waals surface area contributed by atoms with Crippen molar-refractivity contribution in [3.8, 4) is 0 Å². The summed E-state index contributed by atoms with van der Waals surface area (Å²) in [6, 6.07) is 7.74. The van der Waals surface area contributed by atoms with E-state index in [1.807, 2.05) is 0 Å². The molecular weight excluding hydrogens is 373 g/mol. The lowest BCUT2D eigenvalue weighted by atomic mass is 9.98. The molecule has 0 aliphatic heterocycles. The molecule has 3 rings (SSSR count). The number of nitrogens with zero attached hydrogens (tertiary/aromatic N) is 2. The Hall–Kier alpha value is -3.16. The van der Waals surface area contributed by atoms with E-state index in [-0.39, 0.29) is 23.1 Å². The second-order valence-corrected chi connectivity index (χ2v) is 6.25. The lowest BCUT2D eigenvalue weighted by molar-refractivity contribution is -0.138. The molecular formula is C20H17F3N2O3. The molecule has 0 saturated carbocycles. The van der Waals surface area contributed by atoms with Crippen molar-refractivity contribution in [2.24, 2.45) is 0 Å². The molecule has 5 nitrogen and oxygen atoms in total. The summed E-state index contributed by atoms with van der Waals surface area (Å²) in [5, 5.41) is 13.9. The van der Waals surface area contributed by atoms with E-state index in [0.29, 0.717) is 17.5 Å². The maximum atomic E-state index is 13.5. The molecule has 2 aromatic carbocycles. The molecule has 1 heterocycles. The van der Waals surface area contributed by atoms with Crippen molar-refractivity contribution in [3.05, 3.63) is 64.3 Å². The molecule has 0 saturated heterocycles. The summed E-state index contributed by atoms with van der Waals surface area (Å²) >= 11 is 0. The van der Waals surface area contributed by atoms with Crippen LogP contribution in [0.4, 0.5) is 13.2 Å². The van der Waals surface area contributed by atoms with Crippen molar-refractivity contribution >= 4 is 22.8 Å². The number of carboxylic acids is 1. The molecule has 1 N–H and O–H groups in total. The van der Waals surface area contributed by atoms with Gasteiger partial charge in [0.25, 0.3) is 5.91 Å². The minimum absolute atomic E-state index is 0.0797. The monoisotopic (exact) mass is 390 g/mol. The first kappa shape index (κ1) is 19.6. The fourth-order valence-corrected chi connectivity index (χ4v) is 3.22. The van der Waals surface area contributed by atoms with Gasteiger partial charge >= 0.3 is 12.1 Å². The van der Waals surface area contributed by atoms with E-state index in [0.717, 1.165) is 10.7 Å². The summed E-state index contributed by atoms with van der Waals surface area (Å²) < 4.78 is 41.5. The van der Waals surface area contributed by atoms with Gasteiger partial charge in [-0.15, -0.1) is 0 Å². The highest BCUT2D eigenvalue weighted by molar-refractivity contribution is 6.05. The number of carboxylic acid groups (broad SMARTS) is 1. The van der Waals surface area contributed by atoms with Gasteiger partial charge in [-0.25, -0.2) is 4.79 Å². The lowest BCUT2D eigenvalue weighted by Gasteiger charge is -2.15. The standard InChI is InChI=1S/C20H17F3N2O3/c1-3-11-6-5-7-14(20(21,22)23)17(11)18(26)25-16-10-12(19(27)28)8-9-13(16)15(4-2)24-25/h5-10H,3-4H2,1-2H3,(H,27,28). The summed E-state index contributed by atoms with van der Waals surface area (Å²) in [6.07, 6.45) is -4.05. The minimum Gasteiger partial charge on any atom is -0.478 e. The number of aromatic carboxylic acids is 1. The van der Waals surface area contributed by atoms with Crippen LogP contribution in [0.3, 0.4) is 0 Å². The van der Waals surface area contributed by atoms with E-state index >= 15 is 0 Å². The number of carbonyl (C=O) groups is 2. The molecule has 3 aromatic rings. The highest BCUT2D eigenvalue weighted by Gasteiger charge is 2.37. The molecule has 1 aromatic heterocycles. The van der Waals surface area contributed by atoms with Crippen molar-refractivity contribution in [3.63, 3.8) is 0 Å². The van der Waals surface area contributed by atoms with E-state index in [9.17, 15) is 27.9 Å². The van der Waals surface area contributed by atoms with Gasteiger partial charge in [0.1, 0.15) is 0 Å². The number of hydrogen-bond donors (Lipinski definition) is 1. The van der Waals surface area contributed by atoms with Crippen LogP contribution >= 0.6 is 0 Å². The number of rotatable bonds is 4. The van der Waals surface area contributed by atoms with Gasteiger partial charge in [-0.3, -0.25) is 4.79 Å². The molecule has 0 aliphatic rings. The largest absolute Gasteiger partial charge is 0.478 e. The van der Waals surface area contributed by atoms with E-state index in [1.54, 1.807) is 13.8 Å². The van der Waals surface area contributed by atoms with Crippen LogP contribution in [0.2, 0.25) is 0 Å². The number of aryl methyl sites for hydroxylation is 2. The van der Waals surface area contributed by atoms with E-state index in [2.05, 4.69) is 5.10 Å². The Morgan fingerprint density at radius 3 is 2.39 bits per heavy atom. The number of benzene rings is 2. The molecule has 0 amide bonds. The minimum atomic E-state index is -4.71. The van der Waals surface area contributed by atoms with Gasteiger partial charge in [-0.2, -0.15) is 23.0 Å². The molecule has 0 spiro atoms. The summed E-state index contributed by atoms with van der Waals surface area (Å²) in [6.45, 7) is 3.45. The molecule has 0 fully saturated rings. The summed E-state index contributed by atoms with van der Waals surface area (Å²) in [7, 11) is 0. The number of aromatic nitrogens is 2. The number of alkyl halides is 3. The predicted molar refractivity (Wildman–Crippen MR) is 96.6 cm³/mol. The van der Waals surface area contributed by atoms with Crippen LogP contribution < -0.4 is 0 Å². The van der Waals surface area contributed by atoms with E-state index < -0.39 is 29.2 Å². The fraction of sp³-hybridized carbons (Fsp3) is 0.250. The van der Waals surface area contributed by atoms with Crippen molar-refractivity contribution in [1.29, 1.82) is 0 Å². The quantitative estimate of drug-likeness (QED) is 0.709. The number of fused-ring (bicyclic) bond motifs is 1. The SMILES string of the molecule is CCc1cccc(C(F)(F)F)c1C(=O)n1nc(CC)c2ccc(C(=O)O)cc21. The number of carbonyl (C=O) groups excluding carboxylic acids is 1. The van der Waals surface area contributed by atoms with Crippen LogP contribution in [-0.4, -0.2) is 26.8 Å². The zero-order valence-corrected chi connectivity index (χ0v) is 15.2. The highest BCUT2D eigenvalue weighted by atomic mass is 19.4. The Morgan fingerprint density at radius 2 is 1.82 bits per heavy atom. The summed E-state index contributed by atoms with van der Waals surface area (Å²) in [5.41, 5.74) is -0.665. The first-order valence-electron chi connectivity index (χ1n) is 8.67. The maximum Gasteiger partial charge on any atom is 0.417 e. The van der Waals surface area contributed by atoms with Gasteiger partial charge in [0, 0.05) is 5.39 Å². The molecule has 8 heteroatoms. The van der Waals surface area contributed by atoms with Gasteiger partial charge in [-0.1, -0.05) is 32.0 Å². The number of halogens is 3. The Kier molecular flexibility index (Phi) is 4.97.